The molecule has 2 unspecified atom stereocenters. The Morgan fingerprint density at radius 3 is 0.957 bits per heavy atom. The molecule has 5 heterocycles. The summed E-state index contributed by atoms with van der Waals surface area (Å²) in [5, 5.41) is 0. The van der Waals surface area contributed by atoms with Crippen molar-refractivity contribution in [1.29, 1.82) is 0 Å². The summed E-state index contributed by atoms with van der Waals surface area (Å²) >= 11 is 0. The van der Waals surface area contributed by atoms with Gasteiger partial charge in [0.25, 0.3) is 0 Å². The van der Waals surface area contributed by atoms with Crippen LogP contribution in [0.2, 0.25) is 0 Å². The fraction of sp³-hybridized carbons (Fsp3) is 0.828. The van der Waals surface area contributed by atoms with Gasteiger partial charge in [-0.1, -0.05) is 278 Å². The molecular formula is C87H144O6. The van der Waals surface area contributed by atoms with Gasteiger partial charge in [0.05, 0.1) is 11.0 Å². The van der Waals surface area contributed by atoms with Gasteiger partial charge in [-0.15, -0.1) is 0 Å². The Hall–Kier alpha value is -2.99. The van der Waals surface area contributed by atoms with Crippen LogP contribution in [0.4, 0.5) is 0 Å². The lowest BCUT2D eigenvalue weighted by molar-refractivity contribution is -0.350. The first kappa shape index (κ1) is 75.8. The number of hydrogen-bond donors (Lipinski definition) is 0. The van der Waals surface area contributed by atoms with E-state index in [2.05, 4.69) is 83.1 Å². The number of hydrogen-bond acceptors (Lipinski definition) is 6. The molecule has 0 aromatic heterocycles. The SMILES string of the molecule is CCCCCCCCCCCCCCCCC1(C)CCc2c3c(c(C)c(C)c2O1)O[C@@]12O[C@@](C)(CCCCCCCCCCCCCCCC)CC[C@@]1(C3)[C@]1(CCc3c4c(c(C)c(C)c3O1)OC(C)(CCCCCCCCCCCCCCCC)CC4)C(=O)C(C)=C2C. The number of fused-ring (bicyclic) bond motifs is 6. The first-order valence-corrected chi connectivity index (χ1v) is 41.0. The average molecular weight is 1290 g/mol. The lowest BCUT2D eigenvalue weighted by Crippen LogP contribution is -2.79. The Bertz CT molecular complexity index is 2660. The molecule has 6 nitrogen and oxygen atoms in total. The van der Waals surface area contributed by atoms with E-state index in [1.807, 2.05) is 0 Å². The smallest absolute Gasteiger partial charge is 0.244 e. The largest absolute Gasteiger partial charge is 0.487 e. The summed E-state index contributed by atoms with van der Waals surface area (Å²) in [6.45, 7) is 27.3. The van der Waals surface area contributed by atoms with E-state index >= 15 is 4.79 Å². The maximum absolute atomic E-state index is 16.2. The molecule has 1 fully saturated rings. The van der Waals surface area contributed by atoms with Gasteiger partial charge in [-0.05, 0) is 174 Å². The molecule has 0 bridgehead atoms. The molecule has 93 heavy (non-hydrogen) atoms. The van der Waals surface area contributed by atoms with Gasteiger partial charge < -0.3 is 23.7 Å². The fourth-order valence-corrected chi connectivity index (χ4v) is 18.6. The van der Waals surface area contributed by atoms with Gasteiger partial charge in [0, 0.05) is 33.4 Å². The maximum atomic E-state index is 16.2. The minimum atomic E-state index is -1.19. The second-order valence-electron chi connectivity index (χ2n) is 32.9. The van der Waals surface area contributed by atoms with Crippen LogP contribution in [0.1, 0.15) is 421 Å². The second kappa shape index (κ2) is 36.7. The van der Waals surface area contributed by atoms with Gasteiger partial charge in [0.1, 0.15) is 34.2 Å². The highest BCUT2D eigenvalue weighted by Crippen LogP contribution is 2.69. The molecule has 1 aliphatic carbocycles. The Labute approximate surface area is 573 Å². The van der Waals surface area contributed by atoms with Crippen LogP contribution in [-0.4, -0.2) is 34.0 Å². The summed E-state index contributed by atoms with van der Waals surface area (Å²) in [5.41, 5.74) is 8.61. The molecular weight excluding hydrogens is 1140 g/mol. The van der Waals surface area contributed by atoms with Crippen molar-refractivity contribution in [1.82, 2.24) is 0 Å². The quantitative estimate of drug-likeness (QED) is 0.0616. The molecule has 6 heteroatoms. The molecule has 6 atom stereocenters. The lowest BCUT2D eigenvalue weighted by Gasteiger charge is -2.67. The highest BCUT2D eigenvalue weighted by molar-refractivity contribution is 6.05. The molecule has 0 radical (unpaired) electrons. The lowest BCUT2D eigenvalue weighted by atomic mass is 9.48. The Morgan fingerprint density at radius 2 is 0.602 bits per heavy atom. The zero-order chi connectivity index (χ0) is 66.4. The highest BCUT2D eigenvalue weighted by Gasteiger charge is 2.78. The number of ketones is 1. The van der Waals surface area contributed by atoms with Crippen LogP contribution in [0, 0.1) is 33.1 Å². The van der Waals surface area contributed by atoms with Crippen molar-refractivity contribution < 1.29 is 28.5 Å². The van der Waals surface area contributed by atoms with E-state index < -0.39 is 22.4 Å². The number of carbonyl (C=O) groups excluding carboxylic acids is 1. The Balaban J connectivity index is 0.977. The van der Waals surface area contributed by atoms with Gasteiger partial charge in [0.2, 0.25) is 11.6 Å². The van der Waals surface area contributed by atoms with Gasteiger partial charge in [-0.25, -0.2) is 0 Å². The van der Waals surface area contributed by atoms with Crippen LogP contribution in [0.5, 0.6) is 23.0 Å². The molecule has 1 spiro atoms. The van der Waals surface area contributed by atoms with Crippen molar-refractivity contribution in [3.05, 3.63) is 55.7 Å². The highest BCUT2D eigenvalue weighted by atomic mass is 16.7. The third kappa shape index (κ3) is 18.7. The first-order chi connectivity index (χ1) is 45.0. The minimum absolute atomic E-state index is 0.133. The predicted octanol–water partition coefficient (Wildman–Crippen LogP) is 26.6. The van der Waals surface area contributed by atoms with Crippen molar-refractivity contribution >= 4 is 5.78 Å². The van der Waals surface area contributed by atoms with Crippen LogP contribution in [0.3, 0.4) is 0 Å². The van der Waals surface area contributed by atoms with E-state index in [0.717, 1.165) is 116 Å². The standard InChI is InChI=1S/C87H144O6/c1-13-16-19-22-25-28-31-34-37-40-43-46-49-52-58-82(10)61-55-73-74-57-63-86(91-79(74)69(6)67(4)77(73)89-82)81(88)71(8)72(9)87-85(86,65-64-84(12,93-87)60-54-51-48-45-42-39-36-33-30-27-24-21-18-15-3)66-76-75-56-62-83(11,90-78(75)68(5)70(7)80(76)92-87)59-53-50-47-44-41-38-35-32-29-26-23-20-17-14-2/h13-66H2,1-12H3/t82?,83?,84-,85+,86-,87-/m0/s1. The average Bonchev–Trinajstić information content (AvgIpc) is 0.657. The van der Waals surface area contributed by atoms with E-state index in [1.54, 1.807) is 0 Å². The summed E-state index contributed by atoms with van der Waals surface area (Å²) in [6.07, 6.45) is 68.1. The van der Waals surface area contributed by atoms with Gasteiger partial charge in [-0.2, -0.15) is 0 Å². The molecule has 5 aliphatic heterocycles. The van der Waals surface area contributed by atoms with E-state index in [-0.39, 0.29) is 17.0 Å². The zero-order valence-corrected chi connectivity index (χ0v) is 63.1. The van der Waals surface area contributed by atoms with E-state index in [0.29, 0.717) is 12.8 Å². The number of carbonyl (C=O) groups is 1. The number of Topliss-reactive ketones (excluding diaryl/α,β-unsaturated/α-hetero) is 1. The minimum Gasteiger partial charge on any atom is -0.487 e. The molecule has 528 valence electrons. The van der Waals surface area contributed by atoms with Crippen molar-refractivity contribution in [3.8, 4) is 23.0 Å². The summed E-state index contributed by atoms with van der Waals surface area (Å²) in [7, 11) is 0. The summed E-state index contributed by atoms with van der Waals surface area (Å²) in [6, 6.07) is 0. The van der Waals surface area contributed by atoms with Gasteiger partial charge >= 0.3 is 0 Å². The van der Waals surface area contributed by atoms with Gasteiger partial charge in [0.15, 0.2) is 5.60 Å². The molecule has 6 aliphatic rings. The summed E-state index contributed by atoms with van der Waals surface area (Å²) < 4.78 is 38.8. The van der Waals surface area contributed by atoms with E-state index in [4.69, 9.17) is 23.7 Å². The third-order valence-electron chi connectivity index (χ3n) is 25.4. The van der Waals surface area contributed by atoms with Crippen molar-refractivity contribution in [2.45, 2.75) is 458 Å². The normalized spacial score (nSPS) is 25.4. The molecule has 1 saturated heterocycles. The van der Waals surface area contributed by atoms with Crippen LogP contribution in [0.25, 0.3) is 0 Å². The van der Waals surface area contributed by atoms with Crippen LogP contribution in [-0.2, 0) is 35.2 Å². The van der Waals surface area contributed by atoms with Crippen molar-refractivity contribution in [2.75, 3.05) is 0 Å². The van der Waals surface area contributed by atoms with E-state index in [1.165, 1.54) is 297 Å². The second-order valence-corrected chi connectivity index (χ2v) is 32.9. The maximum Gasteiger partial charge on any atom is 0.244 e. The van der Waals surface area contributed by atoms with Gasteiger partial charge in [-0.3, -0.25) is 4.79 Å². The molecule has 0 amide bonds. The van der Waals surface area contributed by atoms with Crippen LogP contribution < -0.4 is 18.9 Å². The molecule has 2 aromatic rings. The predicted molar refractivity (Wildman–Crippen MR) is 395 cm³/mol. The Morgan fingerprint density at radius 1 is 0.312 bits per heavy atom. The first-order valence-electron chi connectivity index (χ1n) is 41.0. The van der Waals surface area contributed by atoms with Crippen LogP contribution in [0.15, 0.2) is 11.1 Å². The number of unbranched alkanes of at least 4 members (excludes halogenated alkanes) is 39. The molecule has 0 saturated carbocycles. The van der Waals surface area contributed by atoms with E-state index in [9.17, 15) is 0 Å². The Kier molecular flexibility index (Phi) is 29.9. The number of rotatable bonds is 45. The zero-order valence-electron chi connectivity index (χ0n) is 63.1. The fourth-order valence-electron chi connectivity index (χ4n) is 18.6. The van der Waals surface area contributed by atoms with Crippen molar-refractivity contribution in [3.63, 3.8) is 0 Å². The molecule has 8 rings (SSSR count). The van der Waals surface area contributed by atoms with Crippen LogP contribution >= 0.6 is 0 Å². The summed E-state index contributed by atoms with van der Waals surface area (Å²) in [4.78, 5) is 16.2. The number of benzene rings is 2. The summed E-state index contributed by atoms with van der Waals surface area (Å²) in [5.74, 6) is 2.99. The van der Waals surface area contributed by atoms with Crippen molar-refractivity contribution in [2.24, 2.45) is 5.41 Å². The molecule has 2 aromatic carbocycles. The third-order valence-corrected chi connectivity index (χ3v) is 25.4. The number of ether oxygens (including phenoxy) is 5. The topological polar surface area (TPSA) is 63.2 Å². The monoisotopic (exact) mass is 1290 g/mol. The molecule has 0 N–H and O–H groups in total.